The smallest absolute Gasteiger partial charge is 0.171 e. The molecule has 2 aliphatic rings. The van der Waals surface area contributed by atoms with Crippen LogP contribution in [0.2, 0.25) is 0 Å². The van der Waals surface area contributed by atoms with Crippen LogP contribution in [-0.4, -0.2) is 47.5 Å². The Morgan fingerprint density at radius 3 is 2.23 bits per heavy atom. The standard InChI is InChI=1S/C13H19NO.C10H11FO2.C6H6O/c1-12-6-5-9-14(12)10-11-15-13-7-3-2-4-8-13;1-6-4-5-13-8-3-2-7(12)10(11)9(6)8;7-6-4-2-1-3-5-6/h2-4,7-8,12H,5-6,9-11H2,1H3;2-3,6,12H,4-5H2,1H3;1-5,7H. The Morgan fingerprint density at radius 2 is 1.63 bits per heavy atom. The SMILES string of the molecule is CC1CCCN1CCOc1ccccc1.CC1CCOc2ccc(O)c(F)c21.Oc1ccccc1. The summed E-state index contributed by atoms with van der Waals surface area (Å²) in [6.45, 7) is 7.95. The lowest BCUT2D eigenvalue weighted by Gasteiger charge is -2.23. The van der Waals surface area contributed by atoms with Gasteiger partial charge in [0, 0.05) is 18.2 Å². The summed E-state index contributed by atoms with van der Waals surface area (Å²) >= 11 is 0. The minimum absolute atomic E-state index is 0.121. The zero-order valence-corrected chi connectivity index (χ0v) is 20.6. The quantitative estimate of drug-likeness (QED) is 0.454. The van der Waals surface area contributed by atoms with Crippen LogP contribution >= 0.6 is 0 Å². The first-order valence-corrected chi connectivity index (χ1v) is 12.3. The second-order valence-corrected chi connectivity index (χ2v) is 8.87. The molecule has 6 heteroatoms. The van der Waals surface area contributed by atoms with Gasteiger partial charge in [-0.15, -0.1) is 0 Å². The maximum absolute atomic E-state index is 13.4. The summed E-state index contributed by atoms with van der Waals surface area (Å²) in [4.78, 5) is 2.50. The second kappa shape index (κ2) is 13.6. The van der Waals surface area contributed by atoms with Crippen molar-refractivity contribution in [3.05, 3.63) is 84.2 Å². The van der Waals surface area contributed by atoms with E-state index in [-0.39, 0.29) is 11.7 Å². The molecule has 0 radical (unpaired) electrons. The van der Waals surface area contributed by atoms with E-state index in [1.54, 1.807) is 30.3 Å². The van der Waals surface area contributed by atoms with Crippen molar-refractivity contribution >= 4 is 0 Å². The van der Waals surface area contributed by atoms with E-state index in [1.807, 2.05) is 43.3 Å². The molecule has 0 aliphatic carbocycles. The lowest BCUT2D eigenvalue weighted by atomic mass is 9.94. The van der Waals surface area contributed by atoms with Crippen molar-refractivity contribution < 1.29 is 24.1 Å². The molecular formula is C29H36FNO4. The molecule has 3 aromatic carbocycles. The fraction of sp³-hybridized carbons (Fsp3) is 0.379. The molecule has 2 N–H and O–H groups in total. The van der Waals surface area contributed by atoms with Gasteiger partial charge >= 0.3 is 0 Å². The van der Waals surface area contributed by atoms with E-state index in [0.29, 0.717) is 23.7 Å². The molecule has 0 aromatic heterocycles. The van der Waals surface area contributed by atoms with E-state index in [9.17, 15) is 4.39 Å². The molecule has 5 nitrogen and oxygen atoms in total. The molecule has 0 amide bonds. The summed E-state index contributed by atoms with van der Waals surface area (Å²) < 4.78 is 24.4. The number of halogens is 1. The van der Waals surface area contributed by atoms with Gasteiger partial charge in [-0.2, -0.15) is 0 Å². The van der Waals surface area contributed by atoms with Gasteiger partial charge in [-0.3, -0.25) is 4.90 Å². The summed E-state index contributed by atoms with van der Waals surface area (Å²) in [7, 11) is 0. The Kier molecular flexibility index (Phi) is 10.2. The molecule has 35 heavy (non-hydrogen) atoms. The Bertz CT molecular complexity index is 1020. The highest BCUT2D eigenvalue weighted by Gasteiger charge is 2.23. The largest absolute Gasteiger partial charge is 0.508 e. The van der Waals surface area contributed by atoms with Gasteiger partial charge in [0.1, 0.15) is 23.9 Å². The topological polar surface area (TPSA) is 62.2 Å². The van der Waals surface area contributed by atoms with E-state index in [0.717, 1.165) is 31.4 Å². The number of ether oxygens (including phenoxy) is 2. The van der Waals surface area contributed by atoms with Gasteiger partial charge < -0.3 is 19.7 Å². The maximum atomic E-state index is 13.4. The fourth-order valence-corrected chi connectivity index (χ4v) is 4.19. The summed E-state index contributed by atoms with van der Waals surface area (Å²) in [5.74, 6) is 1.15. The Morgan fingerprint density at radius 1 is 0.943 bits per heavy atom. The van der Waals surface area contributed by atoms with Crippen LogP contribution < -0.4 is 9.47 Å². The molecule has 2 aliphatic heterocycles. The molecule has 0 spiro atoms. The van der Waals surface area contributed by atoms with Crippen LogP contribution in [0.5, 0.6) is 23.0 Å². The molecule has 2 atom stereocenters. The minimum atomic E-state index is -0.537. The van der Waals surface area contributed by atoms with Crippen LogP contribution in [0.1, 0.15) is 44.6 Å². The van der Waals surface area contributed by atoms with E-state index >= 15 is 0 Å². The second-order valence-electron chi connectivity index (χ2n) is 8.87. The number of fused-ring (bicyclic) bond motifs is 1. The third-order valence-corrected chi connectivity index (χ3v) is 6.26. The van der Waals surface area contributed by atoms with Gasteiger partial charge in [-0.05, 0) is 75.0 Å². The predicted octanol–water partition coefficient (Wildman–Crippen LogP) is 6.36. The number of aromatic hydroxyl groups is 2. The molecule has 3 aromatic rings. The Labute approximate surface area is 207 Å². The molecule has 1 saturated heterocycles. The molecule has 188 valence electrons. The highest BCUT2D eigenvalue weighted by atomic mass is 19.1. The van der Waals surface area contributed by atoms with Gasteiger partial charge in [0.25, 0.3) is 0 Å². The van der Waals surface area contributed by atoms with Crippen molar-refractivity contribution in [1.82, 2.24) is 4.90 Å². The van der Waals surface area contributed by atoms with Crippen molar-refractivity contribution in [2.45, 2.75) is 45.1 Å². The number of hydrogen-bond donors (Lipinski definition) is 2. The number of likely N-dealkylation sites (tertiary alicyclic amines) is 1. The number of phenols is 2. The summed E-state index contributed by atoms with van der Waals surface area (Å²) in [5.41, 5.74) is 0.506. The predicted molar refractivity (Wildman–Crippen MR) is 137 cm³/mol. The number of hydrogen-bond acceptors (Lipinski definition) is 5. The van der Waals surface area contributed by atoms with Crippen molar-refractivity contribution in [3.8, 4) is 23.0 Å². The average molecular weight is 482 g/mol. The Balaban J connectivity index is 0.000000156. The molecule has 0 bridgehead atoms. The van der Waals surface area contributed by atoms with Crippen LogP contribution in [0.25, 0.3) is 0 Å². The number of rotatable bonds is 4. The van der Waals surface area contributed by atoms with Crippen LogP contribution in [0.4, 0.5) is 4.39 Å². The van der Waals surface area contributed by atoms with Crippen molar-refractivity contribution in [1.29, 1.82) is 0 Å². The summed E-state index contributed by atoms with van der Waals surface area (Å²) in [5, 5.41) is 17.8. The molecule has 5 rings (SSSR count). The average Bonchev–Trinajstić information content (AvgIpc) is 3.28. The van der Waals surface area contributed by atoms with Crippen molar-refractivity contribution in [2.24, 2.45) is 0 Å². The zero-order chi connectivity index (χ0) is 25.0. The fourth-order valence-electron chi connectivity index (χ4n) is 4.19. The first kappa shape index (κ1) is 26.4. The highest BCUT2D eigenvalue weighted by Crippen LogP contribution is 2.38. The van der Waals surface area contributed by atoms with Gasteiger partial charge in [-0.25, -0.2) is 4.39 Å². The van der Waals surface area contributed by atoms with Crippen molar-refractivity contribution in [3.63, 3.8) is 0 Å². The van der Waals surface area contributed by atoms with Gasteiger partial charge in [0.15, 0.2) is 11.6 Å². The van der Waals surface area contributed by atoms with E-state index in [2.05, 4.69) is 11.8 Å². The third-order valence-electron chi connectivity index (χ3n) is 6.26. The van der Waals surface area contributed by atoms with Gasteiger partial charge in [0.05, 0.1) is 6.61 Å². The van der Waals surface area contributed by atoms with E-state index < -0.39 is 5.82 Å². The van der Waals surface area contributed by atoms with E-state index in [4.69, 9.17) is 19.7 Å². The van der Waals surface area contributed by atoms with Crippen LogP contribution in [-0.2, 0) is 0 Å². The highest BCUT2D eigenvalue weighted by molar-refractivity contribution is 5.44. The summed E-state index contributed by atoms with van der Waals surface area (Å²) in [6.07, 6.45) is 3.48. The van der Waals surface area contributed by atoms with Crippen LogP contribution in [0.3, 0.4) is 0 Å². The summed E-state index contributed by atoms with van der Waals surface area (Å²) in [6, 6.07) is 22.4. The molecule has 2 unspecified atom stereocenters. The zero-order valence-electron chi connectivity index (χ0n) is 20.6. The van der Waals surface area contributed by atoms with Crippen LogP contribution in [0, 0.1) is 5.82 Å². The first-order valence-electron chi connectivity index (χ1n) is 12.3. The van der Waals surface area contributed by atoms with E-state index in [1.165, 1.54) is 25.5 Å². The normalized spacial score (nSPS) is 18.7. The minimum Gasteiger partial charge on any atom is -0.508 e. The first-order chi connectivity index (χ1) is 17.0. The monoisotopic (exact) mass is 481 g/mol. The molecule has 0 saturated carbocycles. The lowest BCUT2D eigenvalue weighted by molar-refractivity contribution is 0.204. The molecular weight excluding hydrogens is 445 g/mol. The third kappa shape index (κ3) is 8.18. The molecule has 2 heterocycles. The van der Waals surface area contributed by atoms with Gasteiger partial charge in [-0.1, -0.05) is 43.3 Å². The number of phenolic OH excluding ortho intramolecular Hbond substituents is 2. The Hall–Kier alpha value is -3.25. The van der Waals surface area contributed by atoms with Crippen molar-refractivity contribution in [2.75, 3.05) is 26.3 Å². The van der Waals surface area contributed by atoms with Crippen LogP contribution in [0.15, 0.2) is 72.8 Å². The molecule has 1 fully saturated rings. The number of nitrogens with zero attached hydrogens (tertiary/aromatic N) is 1. The maximum Gasteiger partial charge on any atom is 0.171 e. The number of para-hydroxylation sites is 2. The lowest BCUT2D eigenvalue weighted by Crippen LogP contribution is -2.31. The number of benzene rings is 3. The van der Waals surface area contributed by atoms with Gasteiger partial charge in [0.2, 0.25) is 0 Å².